The Morgan fingerprint density at radius 3 is 2.63 bits per heavy atom. The molecule has 0 saturated heterocycles. The van der Waals surface area contributed by atoms with E-state index >= 15 is 0 Å². The van der Waals surface area contributed by atoms with Crippen molar-refractivity contribution in [2.24, 2.45) is 0 Å². The first-order valence-electron chi connectivity index (χ1n) is 6.82. The van der Waals surface area contributed by atoms with E-state index in [0.29, 0.717) is 22.9 Å². The Balaban J connectivity index is 2.84. The van der Waals surface area contributed by atoms with Gasteiger partial charge in [0.2, 0.25) is 0 Å². The lowest BCUT2D eigenvalue weighted by atomic mass is 10.2. The Kier molecular flexibility index (Phi) is 6.64. The molecule has 1 N–H and O–H groups in total. The molecule has 5 heteroatoms. The van der Waals surface area contributed by atoms with Crippen molar-refractivity contribution in [3.63, 3.8) is 0 Å². The van der Waals surface area contributed by atoms with Gasteiger partial charge in [-0.05, 0) is 25.8 Å². The molecule has 1 aromatic rings. The molecule has 0 unspecified atom stereocenters. The number of hydrogen-bond acceptors (Lipinski definition) is 3. The SMILES string of the molecule is CCCNc1ncc(C(=O)N(CC)CCC)cc1Cl. The molecule has 0 aliphatic carbocycles. The monoisotopic (exact) mass is 283 g/mol. The summed E-state index contributed by atoms with van der Waals surface area (Å²) in [6.45, 7) is 8.36. The molecule has 0 bridgehead atoms. The van der Waals surface area contributed by atoms with E-state index in [0.717, 1.165) is 25.9 Å². The van der Waals surface area contributed by atoms with Gasteiger partial charge in [-0.2, -0.15) is 0 Å². The van der Waals surface area contributed by atoms with Crippen LogP contribution in [0.25, 0.3) is 0 Å². The van der Waals surface area contributed by atoms with Gasteiger partial charge in [0.05, 0.1) is 10.6 Å². The number of carbonyl (C=O) groups excluding carboxylic acids is 1. The summed E-state index contributed by atoms with van der Waals surface area (Å²) < 4.78 is 0. The number of nitrogens with one attached hydrogen (secondary N) is 1. The summed E-state index contributed by atoms with van der Waals surface area (Å²) in [5.41, 5.74) is 0.544. The number of halogens is 1. The highest BCUT2D eigenvalue weighted by Crippen LogP contribution is 2.20. The molecule has 0 radical (unpaired) electrons. The number of amides is 1. The summed E-state index contributed by atoms with van der Waals surface area (Å²) in [7, 11) is 0. The molecule has 0 aromatic carbocycles. The minimum Gasteiger partial charge on any atom is -0.369 e. The lowest BCUT2D eigenvalue weighted by molar-refractivity contribution is 0.0764. The van der Waals surface area contributed by atoms with Crippen LogP contribution in [0.5, 0.6) is 0 Å². The van der Waals surface area contributed by atoms with Crippen LogP contribution in [-0.2, 0) is 0 Å². The van der Waals surface area contributed by atoms with Gasteiger partial charge in [-0.15, -0.1) is 0 Å². The topological polar surface area (TPSA) is 45.2 Å². The highest BCUT2D eigenvalue weighted by Gasteiger charge is 2.15. The summed E-state index contributed by atoms with van der Waals surface area (Å²) in [5.74, 6) is 0.624. The second kappa shape index (κ2) is 8.00. The van der Waals surface area contributed by atoms with Crippen LogP contribution < -0.4 is 5.32 Å². The maximum absolute atomic E-state index is 12.3. The molecule has 4 nitrogen and oxygen atoms in total. The van der Waals surface area contributed by atoms with Crippen molar-refractivity contribution in [1.82, 2.24) is 9.88 Å². The molecule has 106 valence electrons. The number of aromatic nitrogens is 1. The lowest BCUT2D eigenvalue weighted by Crippen LogP contribution is -2.31. The molecule has 0 fully saturated rings. The Bertz CT molecular complexity index is 423. The van der Waals surface area contributed by atoms with Crippen LogP contribution in [0.2, 0.25) is 5.02 Å². The Labute approximate surface area is 120 Å². The van der Waals surface area contributed by atoms with Gasteiger partial charge >= 0.3 is 0 Å². The van der Waals surface area contributed by atoms with Crippen LogP contribution in [-0.4, -0.2) is 35.4 Å². The predicted octanol–water partition coefficient (Wildman–Crippen LogP) is 3.43. The molecule has 19 heavy (non-hydrogen) atoms. The zero-order valence-corrected chi connectivity index (χ0v) is 12.6. The highest BCUT2D eigenvalue weighted by atomic mass is 35.5. The highest BCUT2D eigenvalue weighted by molar-refractivity contribution is 6.33. The summed E-state index contributed by atoms with van der Waals surface area (Å²) in [6.07, 6.45) is 3.53. The number of pyridine rings is 1. The molecule has 1 aromatic heterocycles. The molecular weight excluding hydrogens is 262 g/mol. The molecular formula is C14H22ClN3O. The zero-order chi connectivity index (χ0) is 14.3. The van der Waals surface area contributed by atoms with Gasteiger partial charge in [-0.3, -0.25) is 4.79 Å². The summed E-state index contributed by atoms with van der Waals surface area (Å²) >= 11 is 6.14. The number of rotatable bonds is 7. The Hall–Kier alpha value is -1.29. The normalized spacial score (nSPS) is 10.3. The van der Waals surface area contributed by atoms with Gasteiger partial charge in [0.25, 0.3) is 5.91 Å². The van der Waals surface area contributed by atoms with Crippen LogP contribution >= 0.6 is 11.6 Å². The molecule has 0 aliphatic rings. The third-order valence-corrected chi connectivity index (χ3v) is 3.08. The van der Waals surface area contributed by atoms with E-state index in [1.807, 2.05) is 6.92 Å². The molecule has 1 rings (SSSR count). The second-order valence-corrected chi connectivity index (χ2v) is 4.77. The third kappa shape index (κ3) is 4.39. The fourth-order valence-corrected chi connectivity index (χ4v) is 2.02. The summed E-state index contributed by atoms with van der Waals surface area (Å²) in [4.78, 5) is 18.3. The van der Waals surface area contributed by atoms with Crippen molar-refractivity contribution in [1.29, 1.82) is 0 Å². The van der Waals surface area contributed by atoms with Gasteiger partial charge in [0, 0.05) is 25.8 Å². The van der Waals surface area contributed by atoms with E-state index < -0.39 is 0 Å². The minimum absolute atomic E-state index is 0.0132. The van der Waals surface area contributed by atoms with Crippen LogP contribution in [0.1, 0.15) is 44.0 Å². The first-order valence-corrected chi connectivity index (χ1v) is 7.20. The van der Waals surface area contributed by atoms with Crippen molar-refractivity contribution in [3.8, 4) is 0 Å². The standard InChI is InChI=1S/C14H22ClN3O/c1-4-7-16-13-12(15)9-11(10-17-13)14(19)18(6-3)8-5-2/h9-10H,4-8H2,1-3H3,(H,16,17). The lowest BCUT2D eigenvalue weighted by Gasteiger charge is -2.20. The maximum Gasteiger partial charge on any atom is 0.255 e. The Morgan fingerprint density at radius 2 is 2.11 bits per heavy atom. The number of hydrogen-bond donors (Lipinski definition) is 1. The molecule has 0 saturated carbocycles. The van der Waals surface area contributed by atoms with Gasteiger partial charge < -0.3 is 10.2 Å². The second-order valence-electron chi connectivity index (χ2n) is 4.37. The first-order chi connectivity index (χ1) is 9.13. The summed E-state index contributed by atoms with van der Waals surface area (Å²) in [5, 5.41) is 3.62. The van der Waals surface area contributed by atoms with E-state index in [1.54, 1.807) is 17.2 Å². The van der Waals surface area contributed by atoms with Crippen molar-refractivity contribution in [2.45, 2.75) is 33.6 Å². The molecule has 0 aliphatic heterocycles. The van der Waals surface area contributed by atoms with Crippen molar-refractivity contribution in [3.05, 3.63) is 22.8 Å². The number of nitrogens with zero attached hydrogens (tertiary/aromatic N) is 2. The van der Waals surface area contributed by atoms with Crippen LogP contribution in [0, 0.1) is 0 Å². The molecule has 1 amide bonds. The maximum atomic E-state index is 12.3. The van der Waals surface area contributed by atoms with E-state index in [1.165, 1.54) is 0 Å². The Morgan fingerprint density at radius 1 is 1.37 bits per heavy atom. The van der Waals surface area contributed by atoms with E-state index in [4.69, 9.17) is 11.6 Å². The van der Waals surface area contributed by atoms with E-state index in [-0.39, 0.29) is 5.91 Å². The zero-order valence-electron chi connectivity index (χ0n) is 11.9. The van der Waals surface area contributed by atoms with Crippen LogP contribution in [0.3, 0.4) is 0 Å². The average molecular weight is 284 g/mol. The van der Waals surface area contributed by atoms with E-state index in [9.17, 15) is 4.79 Å². The first kappa shape index (κ1) is 15.8. The van der Waals surface area contributed by atoms with Gasteiger partial charge in [-0.25, -0.2) is 4.98 Å². The van der Waals surface area contributed by atoms with Crippen molar-refractivity contribution >= 4 is 23.3 Å². The van der Waals surface area contributed by atoms with Crippen LogP contribution in [0.15, 0.2) is 12.3 Å². The van der Waals surface area contributed by atoms with Crippen molar-refractivity contribution in [2.75, 3.05) is 25.0 Å². The third-order valence-electron chi connectivity index (χ3n) is 2.79. The van der Waals surface area contributed by atoms with Crippen LogP contribution in [0.4, 0.5) is 5.82 Å². The van der Waals surface area contributed by atoms with Crippen molar-refractivity contribution < 1.29 is 4.79 Å². The molecule has 0 atom stereocenters. The fourth-order valence-electron chi connectivity index (χ4n) is 1.78. The molecule has 1 heterocycles. The largest absolute Gasteiger partial charge is 0.369 e. The average Bonchev–Trinajstić information content (AvgIpc) is 2.42. The van der Waals surface area contributed by atoms with E-state index in [2.05, 4.69) is 24.1 Å². The smallest absolute Gasteiger partial charge is 0.255 e. The predicted molar refractivity (Wildman–Crippen MR) is 79.9 cm³/mol. The quantitative estimate of drug-likeness (QED) is 0.834. The van der Waals surface area contributed by atoms with Gasteiger partial charge in [-0.1, -0.05) is 25.4 Å². The van der Waals surface area contributed by atoms with Gasteiger partial charge in [0.1, 0.15) is 5.82 Å². The number of carbonyl (C=O) groups is 1. The fraction of sp³-hybridized carbons (Fsp3) is 0.571. The molecule has 0 spiro atoms. The summed E-state index contributed by atoms with van der Waals surface area (Å²) in [6, 6.07) is 1.69. The van der Waals surface area contributed by atoms with Gasteiger partial charge in [0.15, 0.2) is 0 Å². The number of anilines is 1. The minimum atomic E-state index is -0.0132.